The van der Waals surface area contributed by atoms with E-state index in [0.717, 1.165) is 45.4 Å². The monoisotopic (exact) mass is 239 g/mol. The lowest BCUT2D eigenvalue weighted by Gasteiger charge is -2.37. The van der Waals surface area contributed by atoms with Crippen molar-refractivity contribution in [3.63, 3.8) is 0 Å². The third kappa shape index (κ3) is 3.21. The highest BCUT2D eigenvalue weighted by molar-refractivity contribution is 5.78. The van der Waals surface area contributed by atoms with Crippen molar-refractivity contribution < 1.29 is 9.53 Å². The Morgan fingerprint density at radius 3 is 2.47 bits per heavy atom. The van der Waals surface area contributed by atoms with E-state index in [1.54, 1.807) is 0 Å². The molecule has 0 spiro atoms. The molecule has 98 valence electrons. The molecule has 1 amide bonds. The molecule has 17 heavy (non-hydrogen) atoms. The molecule has 2 aliphatic rings. The van der Waals surface area contributed by atoms with Crippen LogP contribution in [0.15, 0.2) is 0 Å². The van der Waals surface area contributed by atoms with E-state index in [2.05, 4.69) is 6.92 Å². The van der Waals surface area contributed by atoms with E-state index in [4.69, 9.17) is 4.74 Å². The van der Waals surface area contributed by atoms with Gasteiger partial charge in [0.05, 0.1) is 0 Å². The number of amides is 1. The fraction of sp³-hybridized carbons (Fsp3) is 0.929. The first-order valence-electron chi connectivity index (χ1n) is 6.93. The van der Waals surface area contributed by atoms with Gasteiger partial charge in [-0.15, -0.1) is 0 Å². The predicted octanol–water partition coefficient (Wildman–Crippen LogP) is 2.45. The van der Waals surface area contributed by atoms with Crippen molar-refractivity contribution in [3.05, 3.63) is 0 Å². The lowest BCUT2D eigenvalue weighted by Crippen LogP contribution is -2.42. The molecule has 0 aromatic rings. The number of carbonyl (C=O) groups excluding carboxylic acids is 1. The van der Waals surface area contributed by atoms with Gasteiger partial charge in [-0.3, -0.25) is 4.79 Å². The summed E-state index contributed by atoms with van der Waals surface area (Å²) in [5.41, 5.74) is 0.265. The molecule has 0 atom stereocenters. The second-order valence-corrected chi connectivity index (χ2v) is 6.10. The summed E-state index contributed by atoms with van der Waals surface area (Å²) in [5.74, 6) is 0.679. The summed E-state index contributed by atoms with van der Waals surface area (Å²) in [7, 11) is 1.97. The lowest BCUT2D eigenvalue weighted by molar-refractivity contribution is -0.136. The second-order valence-electron chi connectivity index (χ2n) is 6.10. The summed E-state index contributed by atoms with van der Waals surface area (Å²) >= 11 is 0. The molecule has 0 radical (unpaired) electrons. The van der Waals surface area contributed by atoms with Gasteiger partial charge in [0.25, 0.3) is 0 Å². The van der Waals surface area contributed by atoms with Gasteiger partial charge in [-0.25, -0.2) is 0 Å². The Hall–Kier alpha value is -0.570. The minimum Gasteiger partial charge on any atom is -0.381 e. The highest BCUT2D eigenvalue weighted by Crippen LogP contribution is 2.32. The van der Waals surface area contributed by atoms with Crippen molar-refractivity contribution in [2.24, 2.45) is 11.3 Å². The first-order chi connectivity index (χ1) is 8.11. The van der Waals surface area contributed by atoms with Gasteiger partial charge in [0, 0.05) is 32.7 Å². The van der Waals surface area contributed by atoms with Crippen LogP contribution in [0.1, 0.15) is 45.4 Å². The van der Waals surface area contributed by atoms with Gasteiger partial charge in [0.2, 0.25) is 5.91 Å². The van der Waals surface area contributed by atoms with E-state index >= 15 is 0 Å². The Bertz CT molecular complexity index is 265. The normalized spacial score (nSPS) is 24.8. The molecule has 1 saturated carbocycles. The van der Waals surface area contributed by atoms with Crippen LogP contribution in [0.5, 0.6) is 0 Å². The second kappa shape index (κ2) is 5.38. The summed E-state index contributed by atoms with van der Waals surface area (Å²) in [4.78, 5) is 14.2. The fourth-order valence-corrected chi connectivity index (χ4v) is 3.16. The molecular formula is C14H25NO2. The van der Waals surface area contributed by atoms with Gasteiger partial charge >= 0.3 is 0 Å². The van der Waals surface area contributed by atoms with E-state index in [0.29, 0.717) is 11.8 Å². The molecular weight excluding hydrogens is 214 g/mol. The molecule has 1 aliphatic heterocycles. The van der Waals surface area contributed by atoms with E-state index in [1.807, 2.05) is 11.9 Å². The molecule has 0 bridgehead atoms. The van der Waals surface area contributed by atoms with Crippen molar-refractivity contribution in [2.45, 2.75) is 45.4 Å². The number of nitrogens with zero attached hydrogens (tertiary/aromatic N) is 1. The van der Waals surface area contributed by atoms with Crippen molar-refractivity contribution in [1.29, 1.82) is 0 Å². The third-order valence-electron chi connectivity index (χ3n) is 4.40. The molecule has 1 saturated heterocycles. The zero-order valence-corrected chi connectivity index (χ0v) is 11.2. The van der Waals surface area contributed by atoms with Crippen LogP contribution in [0.25, 0.3) is 0 Å². The van der Waals surface area contributed by atoms with Gasteiger partial charge in [0.15, 0.2) is 0 Å². The van der Waals surface area contributed by atoms with E-state index in [-0.39, 0.29) is 5.41 Å². The Morgan fingerprint density at radius 2 is 1.88 bits per heavy atom. The van der Waals surface area contributed by atoms with Crippen LogP contribution in [0, 0.1) is 11.3 Å². The fourth-order valence-electron chi connectivity index (χ4n) is 3.16. The van der Waals surface area contributed by atoms with E-state index in [9.17, 15) is 4.79 Å². The minimum absolute atomic E-state index is 0.265. The molecule has 1 aliphatic carbocycles. The van der Waals surface area contributed by atoms with E-state index < -0.39 is 0 Å². The van der Waals surface area contributed by atoms with Crippen LogP contribution >= 0.6 is 0 Å². The molecule has 0 N–H and O–H groups in total. The molecule has 3 nitrogen and oxygen atoms in total. The minimum atomic E-state index is 0.265. The Balaban J connectivity index is 1.86. The maximum absolute atomic E-state index is 12.3. The number of hydrogen-bond donors (Lipinski definition) is 0. The van der Waals surface area contributed by atoms with Gasteiger partial charge in [0.1, 0.15) is 0 Å². The van der Waals surface area contributed by atoms with Crippen molar-refractivity contribution in [3.8, 4) is 0 Å². The standard InChI is InChI=1S/C14H25NO2/c1-14(7-9-17-10-8-14)11-15(2)13(16)12-5-3-4-6-12/h12H,3-11H2,1-2H3. The van der Waals surface area contributed by atoms with Gasteiger partial charge in [-0.2, -0.15) is 0 Å². The summed E-state index contributed by atoms with van der Waals surface area (Å²) in [6.45, 7) is 4.88. The number of ether oxygens (including phenoxy) is 1. The SMILES string of the molecule is CN(CC1(C)CCOCC1)C(=O)C1CCCC1. The molecule has 2 fully saturated rings. The van der Waals surface area contributed by atoms with E-state index in [1.165, 1.54) is 12.8 Å². The van der Waals surface area contributed by atoms with Crippen LogP contribution in [0.4, 0.5) is 0 Å². The topological polar surface area (TPSA) is 29.5 Å². The van der Waals surface area contributed by atoms with Gasteiger partial charge in [-0.1, -0.05) is 19.8 Å². The first kappa shape index (κ1) is 12.9. The molecule has 3 heteroatoms. The molecule has 0 aromatic heterocycles. The highest BCUT2D eigenvalue weighted by atomic mass is 16.5. The molecule has 0 unspecified atom stereocenters. The lowest BCUT2D eigenvalue weighted by atomic mass is 9.82. The summed E-state index contributed by atoms with van der Waals surface area (Å²) in [6, 6.07) is 0. The zero-order valence-electron chi connectivity index (χ0n) is 11.2. The van der Waals surface area contributed by atoms with Crippen LogP contribution < -0.4 is 0 Å². The number of rotatable bonds is 3. The average molecular weight is 239 g/mol. The molecule has 2 rings (SSSR count). The Kier molecular flexibility index (Phi) is 4.08. The molecule has 0 aromatic carbocycles. The van der Waals surface area contributed by atoms with Crippen molar-refractivity contribution in [1.82, 2.24) is 4.90 Å². The Labute approximate surface area is 105 Å². The maximum atomic E-state index is 12.3. The largest absolute Gasteiger partial charge is 0.381 e. The summed E-state index contributed by atoms with van der Waals surface area (Å²) in [5, 5.41) is 0. The number of carbonyl (C=O) groups is 1. The average Bonchev–Trinajstić information content (AvgIpc) is 2.81. The number of hydrogen-bond acceptors (Lipinski definition) is 2. The van der Waals surface area contributed by atoms with Crippen LogP contribution in [0.3, 0.4) is 0 Å². The van der Waals surface area contributed by atoms with Crippen LogP contribution in [-0.2, 0) is 9.53 Å². The van der Waals surface area contributed by atoms with Crippen molar-refractivity contribution in [2.75, 3.05) is 26.8 Å². The quantitative estimate of drug-likeness (QED) is 0.757. The van der Waals surface area contributed by atoms with Crippen molar-refractivity contribution >= 4 is 5.91 Å². The van der Waals surface area contributed by atoms with Crippen LogP contribution in [0.2, 0.25) is 0 Å². The summed E-state index contributed by atoms with van der Waals surface area (Å²) < 4.78 is 5.40. The first-order valence-corrected chi connectivity index (χ1v) is 6.93. The smallest absolute Gasteiger partial charge is 0.225 e. The van der Waals surface area contributed by atoms with Gasteiger partial charge < -0.3 is 9.64 Å². The molecule has 1 heterocycles. The maximum Gasteiger partial charge on any atom is 0.225 e. The van der Waals surface area contributed by atoms with Crippen LogP contribution in [-0.4, -0.2) is 37.6 Å². The summed E-state index contributed by atoms with van der Waals surface area (Å²) in [6.07, 6.45) is 6.82. The van der Waals surface area contributed by atoms with Gasteiger partial charge in [-0.05, 0) is 31.1 Å². The zero-order chi connectivity index (χ0) is 12.3. The predicted molar refractivity (Wildman–Crippen MR) is 67.8 cm³/mol. The third-order valence-corrected chi connectivity index (χ3v) is 4.40. The Morgan fingerprint density at radius 1 is 1.29 bits per heavy atom. The highest BCUT2D eigenvalue weighted by Gasteiger charge is 2.32.